The van der Waals surface area contributed by atoms with Crippen molar-refractivity contribution in [3.63, 3.8) is 0 Å². The molecule has 0 atom stereocenters. The lowest BCUT2D eigenvalue weighted by molar-refractivity contribution is -0.929. The van der Waals surface area contributed by atoms with Gasteiger partial charge in [-0.25, -0.2) is 0 Å². The Labute approximate surface area is 535 Å². The number of hydrogen-bond acceptors (Lipinski definition) is 3. The predicted molar refractivity (Wildman–Crippen MR) is 369 cm³/mol. The van der Waals surface area contributed by atoms with E-state index in [-0.39, 0.29) is 17.7 Å². The number of amides is 3. The van der Waals surface area contributed by atoms with Crippen molar-refractivity contribution in [1.82, 2.24) is 0 Å². The van der Waals surface area contributed by atoms with Gasteiger partial charge in [0.15, 0.2) is 0 Å². The van der Waals surface area contributed by atoms with E-state index in [2.05, 4.69) is 201 Å². The van der Waals surface area contributed by atoms with Crippen LogP contribution in [0, 0.1) is 0 Å². The molecule has 1 aliphatic heterocycles. The number of nitrogens with one attached hydrogen (secondary N) is 3. The molecule has 462 valence electrons. The number of likely N-dealkylation sites (tertiary alicyclic amines) is 1. The summed E-state index contributed by atoms with van der Waals surface area (Å²) in [6.45, 7) is 5.70. The van der Waals surface area contributed by atoms with Crippen molar-refractivity contribution in [2.75, 3.05) is 64.3 Å². The fourth-order valence-corrected chi connectivity index (χ4v) is 15.0. The monoisotopic (exact) mass is 1250 g/mol. The number of carbonyl (C=O) groups excluding carboxylic acids is 3. The Morgan fingerprint density at radius 1 is 0.420 bits per heavy atom. The molecule has 3 N–H and O–H groups in total. The highest BCUT2D eigenvalue weighted by molar-refractivity contribution is 9.10. The predicted octanol–water partition coefficient (Wildman–Crippen LogP) is 17.5. The van der Waals surface area contributed by atoms with Gasteiger partial charge in [-0.15, -0.1) is 0 Å². The second kappa shape index (κ2) is 30.2. The molecule has 12 rings (SSSR count). The van der Waals surface area contributed by atoms with Crippen molar-refractivity contribution in [1.29, 1.82) is 0 Å². The molecule has 10 heteroatoms. The lowest BCUT2D eigenvalue weighted by Crippen LogP contribution is -2.48. The van der Waals surface area contributed by atoms with Gasteiger partial charge in [-0.05, 0) is 209 Å². The SMILES string of the molecule is C[N+](C)(Cc1ccc(NC(=O)C2=Cc3cc(Br)ccc3CCC2)cc1)C1CCCCC1.C[N+](C)(Cc1ccc(NC(=O)C2=Cc3ccccc3CCC2)cc1)C1CCCCC1.C[N+]1(Cc2ccc(NC(=O)C3=Cc4ccccc4CCC3)cc2)CCCC1. The van der Waals surface area contributed by atoms with E-state index >= 15 is 0 Å². The van der Waals surface area contributed by atoms with Crippen LogP contribution < -0.4 is 16.0 Å². The molecule has 1 heterocycles. The van der Waals surface area contributed by atoms with Crippen LogP contribution in [0.5, 0.6) is 0 Å². The lowest BCUT2D eigenvalue weighted by atomic mass is 9.92. The summed E-state index contributed by atoms with van der Waals surface area (Å²) in [5, 5.41) is 9.31. The average Bonchev–Trinajstić information content (AvgIpc) is 3.83. The number of nitrogens with zero attached hydrogens (tertiary/aromatic N) is 3. The number of fused-ring (bicyclic) bond motifs is 3. The largest absolute Gasteiger partial charge is 0.322 e. The van der Waals surface area contributed by atoms with Gasteiger partial charge >= 0.3 is 0 Å². The molecule has 9 nitrogen and oxygen atoms in total. The van der Waals surface area contributed by atoms with Crippen LogP contribution in [-0.2, 0) is 53.3 Å². The van der Waals surface area contributed by atoms with Crippen molar-refractivity contribution in [3.8, 4) is 0 Å². The van der Waals surface area contributed by atoms with Crippen molar-refractivity contribution in [3.05, 3.63) is 211 Å². The van der Waals surface area contributed by atoms with Crippen molar-refractivity contribution < 1.29 is 27.8 Å². The third-order valence-electron chi connectivity index (χ3n) is 19.9. The van der Waals surface area contributed by atoms with Gasteiger partial charge in [0.2, 0.25) is 0 Å². The molecule has 0 radical (unpaired) electrons. The first-order chi connectivity index (χ1) is 42.5. The molecule has 0 aromatic heterocycles. The van der Waals surface area contributed by atoms with E-state index in [1.807, 2.05) is 24.3 Å². The second-order valence-corrected chi connectivity index (χ2v) is 28.6. The average molecular weight is 1250 g/mol. The van der Waals surface area contributed by atoms with Crippen LogP contribution in [0.15, 0.2) is 161 Å². The molecule has 88 heavy (non-hydrogen) atoms. The number of hydrogen-bond donors (Lipinski definition) is 3. The molecular formula is C78H98BrN6O3+3. The Hall–Kier alpha value is -6.69. The topological polar surface area (TPSA) is 87.3 Å². The van der Waals surface area contributed by atoms with E-state index in [0.717, 1.165) is 147 Å². The number of halogens is 1. The summed E-state index contributed by atoms with van der Waals surface area (Å²) in [6, 6.07) is 50.0. The first-order valence-electron chi connectivity index (χ1n) is 33.3. The van der Waals surface area contributed by atoms with Gasteiger partial charge < -0.3 is 29.4 Å². The molecule has 6 aromatic rings. The number of carbonyl (C=O) groups is 3. The molecule has 5 aliphatic carbocycles. The van der Waals surface area contributed by atoms with E-state index in [0.29, 0.717) is 0 Å². The van der Waals surface area contributed by atoms with Crippen LogP contribution >= 0.6 is 15.9 Å². The fraction of sp³-hybridized carbons (Fsp3) is 0.423. The molecule has 3 amide bonds. The van der Waals surface area contributed by atoms with E-state index in [4.69, 9.17) is 0 Å². The van der Waals surface area contributed by atoms with Crippen molar-refractivity contribution in [2.24, 2.45) is 0 Å². The van der Waals surface area contributed by atoms with E-state index < -0.39 is 0 Å². The molecule has 0 unspecified atom stereocenters. The minimum absolute atomic E-state index is 0.0129. The van der Waals surface area contributed by atoms with E-state index in [9.17, 15) is 14.4 Å². The number of quaternary nitrogens is 3. The summed E-state index contributed by atoms with van der Waals surface area (Å²) in [5.41, 5.74) is 16.8. The summed E-state index contributed by atoms with van der Waals surface area (Å²) in [5.74, 6) is 0.0645. The Bertz CT molecular complexity index is 3430. The van der Waals surface area contributed by atoms with Gasteiger partial charge in [0, 0.05) is 67.8 Å². The van der Waals surface area contributed by atoms with Crippen LogP contribution in [0.4, 0.5) is 17.1 Å². The maximum atomic E-state index is 12.9. The maximum absolute atomic E-state index is 12.9. The van der Waals surface area contributed by atoms with Crippen molar-refractivity contribution >= 4 is 68.9 Å². The number of benzene rings is 6. The molecule has 1 saturated heterocycles. The molecule has 0 bridgehead atoms. The number of aryl methyl sites for hydroxylation is 3. The Balaban J connectivity index is 0.000000146. The first kappa shape index (κ1) is 64.3. The summed E-state index contributed by atoms with van der Waals surface area (Å²) in [4.78, 5) is 38.6. The zero-order valence-corrected chi connectivity index (χ0v) is 55.1. The zero-order chi connectivity index (χ0) is 61.5. The summed E-state index contributed by atoms with van der Waals surface area (Å²) >= 11 is 3.55. The zero-order valence-electron chi connectivity index (χ0n) is 53.5. The Morgan fingerprint density at radius 2 is 0.784 bits per heavy atom. The molecule has 2 saturated carbocycles. The highest BCUT2D eigenvalue weighted by atomic mass is 79.9. The maximum Gasteiger partial charge on any atom is 0.251 e. The van der Waals surface area contributed by atoms with Gasteiger partial charge in [-0.2, -0.15) is 0 Å². The van der Waals surface area contributed by atoms with Crippen LogP contribution in [0.2, 0.25) is 0 Å². The van der Waals surface area contributed by atoms with Gasteiger partial charge in [0.1, 0.15) is 19.6 Å². The molecule has 6 aliphatic rings. The number of rotatable bonds is 14. The molecule has 0 spiro atoms. The minimum Gasteiger partial charge on any atom is -0.322 e. The van der Waals surface area contributed by atoms with Gasteiger partial charge in [-0.3, -0.25) is 14.4 Å². The third-order valence-corrected chi connectivity index (χ3v) is 20.4. The normalized spacial score (nSPS) is 17.8. The van der Waals surface area contributed by atoms with Crippen LogP contribution in [0.1, 0.15) is 166 Å². The van der Waals surface area contributed by atoms with Gasteiger partial charge in [0.05, 0.1) is 60.4 Å². The quantitative estimate of drug-likeness (QED) is 0.0950. The molecule has 6 aromatic carbocycles. The van der Waals surface area contributed by atoms with Crippen molar-refractivity contribution in [2.45, 2.75) is 167 Å². The highest BCUT2D eigenvalue weighted by Crippen LogP contribution is 2.33. The first-order valence-corrected chi connectivity index (χ1v) is 34.1. The summed E-state index contributed by atoms with van der Waals surface area (Å²) < 4.78 is 4.29. The van der Waals surface area contributed by atoms with Crippen LogP contribution in [-0.4, -0.2) is 91.6 Å². The Kier molecular flexibility index (Phi) is 22.1. The highest BCUT2D eigenvalue weighted by Gasteiger charge is 2.32. The van der Waals surface area contributed by atoms with E-state index in [1.54, 1.807) is 0 Å². The fourth-order valence-electron chi connectivity index (χ4n) is 14.6. The summed E-state index contributed by atoms with van der Waals surface area (Å²) in [7, 11) is 11.8. The minimum atomic E-state index is 0.0129. The lowest BCUT2D eigenvalue weighted by Gasteiger charge is -2.40. The van der Waals surface area contributed by atoms with Gasteiger partial charge in [-0.1, -0.05) is 120 Å². The standard InChI is InChI=1S/C27H33BrN2O.C27H34N2O.C24H28N2O/c1-30(2,26-9-4-3-5-10-26)19-20-11-15-25(16-12-20)29-27(31)22-8-6-7-21-13-14-24(28)18-23(21)17-22;1-29(2,26-13-4-3-5-14-26)20-21-15-17-25(18-16-21)28-27(30)24-12-8-11-22-9-6-7-10-23(22)19-24;1-26(15-4-5-16-26)18-19-11-13-23(14-12-19)25-24(27)22-10-6-9-20-7-2-3-8-21(20)17-22/h11-18,26H,3-10,19H2,1-2H3;6-7,9-10,15-19,26H,3-5,8,11-14,20H2,1-2H3;2-3,7-8,11-14,17H,4-6,9-10,15-16,18H2,1H3/p+3. The van der Waals surface area contributed by atoms with E-state index in [1.165, 1.54) is 135 Å². The van der Waals surface area contributed by atoms with Crippen LogP contribution in [0.3, 0.4) is 0 Å². The smallest absolute Gasteiger partial charge is 0.251 e. The summed E-state index contributed by atoms with van der Waals surface area (Å²) in [6.07, 6.45) is 31.1. The van der Waals surface area contributed by atoms with Crippen LogP contribution in [0.25, 0.3) is 18.2 Å². The third kappa shape index (κ3) is 18.0. The number of anilines is 3. The molecule has 3 fully saturated rings. The second-order valence-electron chi connectivity index (χ2n) is 27.7. The molecular weight excluding hydrogens is 1150 g/mol. The van der Waals surface area contributed by atoms with Gasteiger partial charge in [0.25, 0.3) is 17.7 Å². The Morgan fingerprint density at radius 3 is 1.19 bits per heavy atom.